The predicted octanol–water partition coefficient (Wildman–Crippen LogP) is 0.730. The minimum Gasteiger partial charge on any atom is -0.477 e. The molecule has 0 fully saturated rings. The number of fused-ring (bicyclic) bond motifs is 1. The van der Waals surface area contributed by atoms with Crippen LogP contribution in [0.4, 0.5) is 0 Å². The number of hydrogen-bond acceptors (Lipinski definition) is 4. The molecule has 0 unspecified atom stereocenters. The zero-order chi connectivity index (χ0) is 14.6. The molecule has 1 heterocycles. The van der Waals surface area contributed by atoms with Gasteiger partial charge in [0.2, 0.25) is 5.43 Å². The van der Waals surface area contributed by atoms with Gasteiger partial charge in [0.15, 0.2) is 0 Å². The molecule has 1 aromatic heterocycles. The molecule has 0 atom stereocenters. The fraction of sp³-hybridized carbons (Fsp3) is 0.0909. The summed E-state index contributed by atoms with van der Waals surface area (Å²) < 4.78 is 25.9. The largest absolute Gasteiger partial charge is 0.477 e. The number of carbonyl (C=O) groups is 1. The average Bonchev–Trinajstić information content (AvgIpc) is 2.27. The van der Waals surface area contributed by atoms with E-state index in [1.165, 1.54) is 6.20 Å². The van der Waals surface area contributed by atoms with Crippen molar-refractivity contribution in [2.45, 2.75) is 0 Å². The monoisotopic (exact) mass is 285 g/mol. The first-order chi connectivity index (χ1) is 8.70. The molecule has 0 aliphatic heterocycles. The number of aromatic carboxylic acids is 1. The number of carboxylic acid groups (broad SMARTS) is 1. The van der Waals surface area contributed by atoms with Crippen LogP contribution in [0.2, 0.25) is 0 Å². The van der Waals surface area contributed by atoms with Gasteiger partial charge in [0.05, 0.1) is 6.26 Å². The van der Waals surface area contributed by atoms with Crippen LogP contribution in [-0.4, -0.2) is 35.3 Å². The predicted molar refractivity (Wildman–Crippen MR) is 69.0 cm³/mol. The van der Waals surface area contributed by atoms with Gasteiger partial charge >= 0.3 is 5.97 Å². The minimum absolute atomic E-state index is 0.233. The van der Waals surface area contributed by atoms with E-state index in [0.717, 1.165) is 0 Å². The lowest BCUT2D eigenvalue weighted by atomic mass is 10.1. The van der Waals surface area contributed by atoms with Crippen molar-refractivity contribution in [2.24, 2.45) is 0 Å². The number of H-pyrrole nitrogens is 1. The molecule has 0 radical (unpaired) electrons. The van der Waals surface area contributed by atoms with Crippen molar-refractivity contribution in [3.05, 3.63) is 46.2 Å². The second-order valence-corrected chi connectivity index (χ2v) is 5.08. The number of pyridine rings is 1. The maximum absolute atomic E-state index is 11.6. The summed E-state index contributed by atoms with van der Waals surface area (Å²) >= 11 is 0. The molecule has 19 heavy (non-hydrogen) atoms. The van der Waals surface area contributed by atoms with E-state index >= 15 is 0 Å². The summed E-state index contributed by atoms with van der Waals surface area (Å²) in [5, 5.41) is 9.10. The van der Waals surface area contributed by atoms with Crippen LogP contribution in [0.1, 0.15) is 10.4 Å². The van der Waals surface area contributed by atoms with Crippen LogP contribution in [0, 0.1) is 0 Å². The van der Waals surface area contributed by atoms with Crippen LogP contribution in [0.25, 0.3) is 10.9 Å². The maximum Gasteiger partial charge on any atom is 0.341 e. The highest BCUT2D eigenvalue weighted by Crippen LogP contribution is 2.06. The molecule has 3 N–H and O–H groups in total. The van der Waals surface area contributed by atoms with E-state index in [4.69, 9.17) is 9.66 Å². The molecule has 0 aliphatic rings. The van der Waals surface area contributed by atoms with E-state index in [2.05, 4.69) is 4.98 Å². The molecule has 8 heteroatoms. The Kier molecular flexibility index (Phi) is 4.41. The third kappa shape index (κ3) is 4.53. The SMILES string of the molecule is CS(=O)(=O)O.O=C(O)c1c[nH]c2ccccc2c1=O. The first-order valence-electron chi connectivity index (χ1n) is 4.96. The summed E-state index contributed by atoms with van der Waals surface area (Å²) in [6, 6.07) is 6.80. The van der Waals surface area contributed by atoms with E-state index in [-0.39, 0.29) is 5.56 Å². The van der Waals surface area contributed by atoms with Gasteiger partial charge in [0, 0.05) is 17.1 Å². The van der Waals surface area contributed by atoms with E-state index in [1.807, 2.05) is 0 Å². The van der Waals surface area contributed by atoms with Crippen molar-refractivity contribution in [1.29, 1.82) is 0 Å². The van der Waals surface area contributed by atoms with Crippen molar-refractivity contribution >= 4 is 27.0 Å². The zero-order valence-electron chi connectivity index (χ0n) is 9.82. The average molecular weight is 285 g/mol. The molecule has 2 rings (SSSR count). The first-order valence-corrected chi connectivity index (χ1v) is 6.81. The van der Waals surface area contributed by atoms with E-state index in [0.29, 0.717) is 17.2 Å². The number of para-hydroxylation sites is 1. The van der Waals surface area contributed by atoms with Gasteiger partial charge in [-0.25, -0.2) is 4.79 Å². The molecule has 0 spiro atoms. The van der Waals surface area contributed by atoms with Crippen LogP contribution in [0.5, 0.6) is 0 Å². The number of carboxylic acids is 1. The molecule has 0 bridgehead atoms. The Labute approximate surface area is 108 Å². The topological polar surface area (TPSA) is 125 Å². The lowest BCUT2D eigenvalue weighted by molar-refractivity contribution is 0.0695. The summed E-state index contributed by atoms with van der Waals surface area (Å²) in [5.74, 6) is -1.21. The molecule has 1 aromatic carbocycles. The van der Waals surface area contributed by atoms with Gasteiger partial charge in [-0.2, -0.15) is 8.42 Å². The normalized spacial score (nSPS) is 10.6. The highest BCUT2D eigenvalue weighted by atomic mass is 32.2. The van der Waals surface area contributed by atoms with Gasteiger partial charge in [-0.1, -0.05) is 12.1 Å². The Morgan fingerprint density at radius 2 is 1.79 bits per heavy atom. The molecule has 0 saturated carbocycles. The summed E-state index contributed by atoms with van der Waals surface area (Å²) in [6.45, 7) is 0. The van der Waals surface area contributed by atoms with Crippen LogP contribution in [-0.2, 0) is 10.1 Å². The zero-order valence-corrected chi connectivity index (χ0v) is 10.6. The first kappa shape index (κ1) is 14.9. The maximum atomic E-state index is 11.6. The Morgan fingerprint density at radius 1 is 1.26 bits per heavy atom. The molecule has 7 nitrogen and oxygen atoms in total. The van der Waals surface area contributed by atoms with Crippen molar-refractivity contribution in [3.8, 4) is 0 Å². The van der Waals surface area contributed by atoms with E-state index in [1.54, 1.807) is 24.3 Å². The third-order valence-electron chi connectivity index (χ3n) is 2.02. The Hall–Kier alpha value is -2.19. The Bertz CT molecular complexity index is 754. The molecule has 0 amide bonds. The van der Waals surface area contributed by atoms with Gasteiger partial charge in [-0.3, -0.25) is 9.35 Å². The summed E-state index contributed by atoms with van der Waals surface area (Å²) in [5.41, 5.74) is -0.0435. The van der Waals surface area contributed by atoms with Gasteiger partial charge in [0.1, 0.15) is 5.56 Å². The fourth-order valence-corrected chi connectivity index (χ4v) is 1.33. The quantitative estimate of drug-likeness (QED) is 0.663. The molecule has 102 valence electrons. The van der Waals surface area contributed by atoms with Gasteiger partial charge in [0.25, 0.3) is 10.1 Å². The number of hydrogen-bond donors (Lipinski definition) is 3. The molecular formula is C11H11NO6S. The van der Waals surface area contributed by atoms with Crippen molar-refractivity contribution in [1.82, 2.24) is 4.98 Å². The molecular weight excluding hydrogens is 274 g/mol. The minimum atomic E-state index is -3.67. The highest BCUT2D eigenvalue weighted by Gasteiger charge is 2.10. The second-order valence-electron chi connectivity index (χ2n) is 3.62. The smallest absolute Gasteiger partial charge is 0.341 e. The standard InChI is InChI=1S/C10H7NO3.CH4O3S/c12-9-6-3-1-2-4-8(6)11-5-7(9)10(13)14;1-5(2,3)4/h1-5H,(H,11,12)(H,13,14);1H3,(H,2,3,4). The second kappa shape index (κ2) is 5.63. The molecule has 0 saturated heterocycles. The van der Waals surface area contributed by atoms with E-state index in [9.17, 15) is 18.0 Å². The van der Waals surface area contributed by atoms with Gasteiger partial charge < -0.3 is 10.1 Å². The lowest BCUT2D eigenvalue weighted by Crippen LogP contribution is -2.14. The summed E-state index contributed by atoms with van der Waals surface area (Å²) in [4.78, 5) is 25.0. The van der Waals surface area contributed by atoms with Crippen LogP contribution < -0.4 is 5.43 Å². The van der Waals surface area contributed by atoms with E-state index < -0.39 is 21.5 Å². The van der Waals surface area contributed by atoms with Gasteiger partial charge in [-0.05, 0) is 12.1 Å². The van der Waals surface area contributed by atoms with Crippen molar-refractivity contribution < 1.29 is 22.9 Å². The van der Waals surface area contributed by atoms with Crippen LogP contribution in [0.3, 0.4) is 0 Å². The highest BCUT2D eigenvalue weighted by molar-refractivity contribution is 7.85. The number of rotatable bonds is 1. The molecule has 0 aliphatic carbocycles. The van der Waals surface area contributed by atoms with Crippen LogP contribution >= 0.6 is 0 Å². The number of benzene rings is 1. The van der Waals surface area contributed by atoms with Gasteiger partial charge in [-0.15, -0.1) is 0 Å². The summed E-state index contributed by atoms with van der Waals surface area (Å²) in [6.07, 6.45) is 1.93. The Balaban J connectivity index is 0.000000312. The fourth-order valence-electron chi connectivity index (χ4n) is 1.33. The Morgan fingerprint density at radius 3 is 2.32 bits per heavy atom. The van der Waals surface area contributed by atoms with Crippen molar-refractivity contribution in [3.63, 3.8) is 0 Å². The number of aromatic nitrogens is 1. The number of aromatic amines is 1. The number of nitrogens with one attached hydrogen (secondary N) is 1. The third-order valence-corrected chi connectivity index (χ3v) is 2.02. The molecule has 2 aromatic rings. The van der Waals surface area contributed by atoms with Crippen LogP contribution in [0.15, 0.2) is 35.3 Å². The van der Waals surface area contributed by atoms with Crippen molar-refractivity contribution in [2.75, 3.05) is 6.26 Å². The summed E-state index contributed by atoms with van der Waals surface area (Å²) in [7, 11) is -3.67. The lowest BCUT2D eigenvalue weighted by Gasteiger charge is -1.98.